The minimum absolute atomic E-state index is 0.183. The third kappa shape index (κ3) is 4.84. The summed E-state index contributed by atoms with van der Waals surface area (Å²) in [5, 5.41) is 11.6. The lowest BCUT2D eigenvalue weighted by Crippen LogP contribution is -2.15. The Labute approximate surface area is 190 Å². The van der Waals surface area contributed by atoms with Crippen LogP contribution in [0.1, 0.15) is 38.5 Å². The van der Waals surface area contributed by atoms with Crippen LogP contribution >= 0.6 is 11.6 Å². The smallest absolute Gasteiger partial charge is 0.278 e. The molecule has 0 saturated carbocycles. The fraction of sp³-hybridized carbons (Fsp3) is 0.208. The van der Waals surface area contributed by atoms with Crippen molar-refractivity contribution >= 4 is 23.2 Å². The van der Waals surface area contributed by atoms with E-state index in [9.17, 15) is 4.79 Å². The molecular weight excluding hydrogens is 428 g/mol. The summed E-state index contributed by atoms with van der Waals surface area (Å²) in [4.78, 5) is 12.9. The molecule has 0 aliphatic rings. The number of rotatable bonds is 7. The van der Waals surface area contributed by atoms with E-state index in [0.29, 0.717) is 28.6 Å². The van der Waals surface area contributed by atoms with Gasteiger partial charge in [0.25, 0.3) is 5.91 Å². The molecule has 32 heavy (non-hydrogen) atoms. The van der Waals surface area contributed by atoms with Gasteiger partial charge in [0.2, 0.25) is 0 Å². The number of carbonyl (C=O) groups is 1. The lowest BCUT2D eigenvalue weighted by Gasteiger charge is -2.11. The van der Waals surface area contributed by atoms with Crippen LogP contribution in [0.15, 0.2) is 59.4 Å². The van der Waals surface area contributed by atoms with Gasteiger partial charge in [-0.2, -0.15) is 5.10 Å². The molecule has 0 fully saturated rings. The minimum atomic E-state index is -0.360. The van der Waals surface area contributed by atoms with Crippen molar-refractivity contribution in [1.29, 1.82) is 0 Å². The first-order chi connectivity index (χ1) is 15.4. The predicted molar refractivity (Wildman–Crippen MR) is 122 cm³/mol. The molecule has 0 aliphatic heterocycles. The van der Waals surface area contributed by atoms with E-state index in [1.807, 2.05) is 56.3 Å². The zero-order valence-corrected chi connectivity index (χ0v) is 18.8. The first-order valence-corrected chi connectivity index (χ1v) is 10.5. The molecule has 7 nitrogen and oxygen atoms in total. The number of nitrogens with one attached hydrogen (secondary N) is 1. The predicted octanol–water partition coefficient (Wildman–Crippen LogP) is 5.33. The van der Waals surface area contributed by atoms with Crippen molar-refractivity contribution in [3.63, 3.8) is 0 Å². The van der Waals surface area contributed by atoms with E-state index < -0.39 is 0 Å². The summed E-state index contributed by atoms with van der Waals surface area (Å²) in [5.41, 5.74) is 4.63. The van der Waals surface area contributed by atoms with E-state index in [1.54, 1.807) is 24.0 Å². The van der Waals surface area contributed by atoms with Gasteiger partial charge in [0.1, 0.15) is 18.1 Å². The van der Waals surface area contributed by atoms with E-state index in [1.165, 1.54) is 0 Å². The second-order valence-corrected chi connectivity index (χ2v) is 8.00. The first kappa shape index (κ1) is 21.6. The van der Waals surface area contributed by atoms with Crippen molar-refractivity contribution in [1.82, 2.24) is 14.9 Å². The number of anilines is 1. The van der Waals surface area contributed by atoms with Gasteiger partial charge >= 0.3 is 0 Å². The van der Waals surface area contributed by atoms with Crippen LogP contribution < -0.4 is 10.1 Å². The number of benzene rings is 2. The van der Waals surface area contributed by atoms with Crippen LogP contribution in [-0.2, 0) is 13.2 Å². The Bertz CT molecular complexity index is 1260. The number of carbonyl (C=O) groups excluding carboxylic acids is 1. The largest absolute Gasteiger partial charge is 0.488 e. The van der Waals surface area contributed by atoms with Gasteiger partial charge in [0.05, 0.1) is 23.3 Å². The number of aromatic nitrogens is 3. The third-order valence-electron chi connectivity index (χ3n) is 5.26. The first-order valence-electron chi connectivity index (χ1n) is 10.1. The molecule has 0 spiro atoms. The van der Waals surface area contributed by atoms with Crippen molar-refractivity contribution < 1.29 is 14.1 Å². The van der Waals surface area contributed by atoms with Crippen molar-refractivity contribution in [2.75, 3.05) is 5.32 Å². The highest BCUT2D eigenvalue weighted by Crippen LogP contribution is 2.24. The Morgan fingerprint density at radius 3 is 2.78 bits per heavy atom. The number of hydrogen-bond acceptors (Lipinski definition) is 5. The maximum atomic E-state index is 12.9. The van der Waals surface area contributed by atoms with E-state index in [2.05, 4.69) is 15.6 Å². The number of halogens is 1. The molecule has 0 atom stereocenters. The zero-order chi connectivity index (χ0) is 22.7. The maximum absolute atomic E-state index is 12.9. The fourth-order valence-corrected chi connectivity index (χ4v) is 3.48. The summed E-state index contributed by atoms with van der Waals surface area (Å²) in [5.74, 6) is 0.953. The number of ether oxygens (including phenoxy) is 1. The van der Waals surface area contributed by atoms with Crippen LogP contribution in [0.5, 0.6) is 5.75 Å². The molecule has 0 aliphatic carbocycles. The van der Waals surface area contributed by atoms with Crippen LogP contribution in [0.25, 0.3) is 0 Å². The highest BCUT2D eigenvalue weighted by molar-refractivity contribution is 6.30. The summed E-state index contributed by atoms with van der Waals surface area (Å²) >= 11 is 5.93. The second kappa shape index (κ2) is 9.28. The number of nitrogens with zero attached hydrogens (tertiary/aromatic N) is 3. The molecule has 0 unspecified atom stereocenters. The van der Waals surface area contributed by atoms with Crippen LogP contribution in [0.4, 0.5) is 5.69 Å². The monoisotopic (exact) mass is 450 g/mol. The van der Waals surface area contributed by atoms with Gasteiger partial charge in [-0.25, -0.2) is 0 Å². The highest BCUT2D eigenvalue weighted by Gasteiger charge is 2.21. The summed E-state index contributed by atoms with van der Waals surface area (Å²) in [6.07, 6.45) is 3.33. The van der Waals surface area contributed by atoms with Crippen LogP contribution in [0, 0.1) is 20.8 Å². The molecule has 2 aromatic carbocycles. The van der Waals surface area contributed by atoms with Crippen molar-refractivity contribution in [3.8, 4) is 5.75 Å². The van der Waals surface area contributed by atoms with Gasteiger partial charge in [-0.1, -0.05) is 41.0 Å². The molecule has 1 N–H and O–H groups in total. The minimum Gasteiger partial charge on any atom is -0.488 e. The summed E-state index contributed by atoms with van der Waals surface area (Å²) in [6.45, 7) is 6.52. The number of aryl methyl sites for hydroxylation is 2. The molecule has 2 aromatic heterocycles. The molecule has 0 saturated heterocycles. The van der Waals surface area contributed by atoms with Gasteiger partial charge in [-0.05, 0) is 55.7 Å². The topological polar surface area (TPSA) is 82.2 Å². The van der Waals surface area contributed by atoms with Crippen molar-refractivity contribution in [3.05, 3.63) is 93.6 Å². The Balaban J connectivity index is 1.47. The van der Waals surface area contributed by atoms with E-state index in [0.717, 1.165) is 22.4 Å². The van der Waals surface area contributed by atoms with Crippen LogP contribution in [0.3, 0.4) is 0 Å². The average Bonchev–Trinajstić information content (AvgIpc) is 3.34. The van der Waals surface area contributed by atoms with E-state index in [-0.39, 0.29) is 18.2 Å². The van der Waals surface area contributed by atoms with Crippen LogP contribution in [-0.4, -0.2) is 20.8 Å². The van der Waals surface area contributed by atoms with Crippen molar-refractivity contribution in [2.24, 2.45) is 0 Å². The average molecular weight is 451 g/mol. The van der Waals surface area contributed by atoms with E-state index >= 15 is 0 Å². The number of amides is 1. The fourth-order valence-electron chi connectivity index (χ4n) is 3.32. The van der Waals surface area contributed by atoms with Gasteiger partial charge in [-0.15, -0.1) is 0 Å². The summed E-state index contributed by atoms with van der Waals surface area (Å²) in [6, 6.07) is 13.4. The third-order valence-corrected chi connectivity index (χ3v) is 5.45. The zero-order valence-electron chi connectivity index (χ0n) is 18.1. The molecule has 2 heterocycles. The Morgan fingerprint density at radius 1 is 1.19 bits per heavy atom. The Morgan fingerprint density at radius 2 is 2.00 bits per heavy atom. The quantitative estimate of drug-likeness (QED) is 0.411. The molecule has 0 radical (unpaired) electrons. The standard InChI is InChI=1S/C24H23ClN4O3/c1-15-6-4-9-22(16(15)2)31-14-21-17(3)32-28-23(21)24(30)27-20-8-5-7-18(10-20)12-29-13-19(25)11-26-29/h4-11,13H,12,14H2,1-3H3,(H,27,30). The lowest BCUT2D eigenvalue weighted by atomic mass is 10.1. The van der Waals surface area contributed by atoms with Crippen molar-refractivity contribution in [2.45, 2.75) is 33.9 Å². The normalized spacial score (nSPS) is 10.9. The molecule has 0 bridgehead atoms. The van der Waals surface area contributed by atoms with Gasteiger partial charge < -0.3 is 14.6 Å². The Kier molecular flexibility index (Phi) is 6.28. The Hall–Kier alpha value is -3.58. The molecule has 164 valence electrons. The molecular formula is C24H23ClN4O3. The van der Waals surface area contributed by atoms with E-state index in [4.69, 9.17) is 20.9 Å². The SMILES string of the molecule is Cc1cccc(OCc2c(C(=O)Nc3cccc(Cn4cc(Cl)cn4)c3)noc2C)c1C. The lowest BCUT2D eigenvalue weighted by molar-refractivity contribution is 0.101. The van der Waals surface area contributed by atoms with Gasteiger partial charge in [-0.3, -0.25) is 9.48 Å². The molecule has 1 amide bonds. The summed E-state index contributed by atoms with van der Waals surface area (Å²) < 4.78 is 13.0. The molecule has 8 heteroatoms. The highest BCUT2D eigenvalue weighted by atomic mass is 35.5. The molecule has 4 rings (SSSR count). The van der Waals surface area contributed by atoms with Gasteiger partial charge in [0, 0.05) is 11.9 Å². The maximum Gasteiger partial charge on any atom is 0.278 e. The molecule has 4 aromatic rings. The van der Waals surface area contributed by atoms with Crippen LogP contribution in [0.2, 0.25) is 5.02 Å². The summed E-state index contributed by atoms with van der Waals surface area (Å²) in [7, 11) is 0. The number of hydrogen-bond donors (Lipinski definition) is 1. The van der Waals surface area contributed by atoms with Gasteiger partial charge in [0.15, 0.2) is 5.69 Å². The second-order valence-electron chi connectivity index (χ2n) is 7.56.